The molecule has 8 nitrogen and oxygen atoms in total. The maximum atomic E-state index is 12.7. The minimum absolute atomic E-state index is 0.0498. The monoisotopic (exact) mass is 450 g/mol. The number of nitrogens with one attached hydrogen (secondary N) is 2. The fourth-order valence-electron chi connectivity index (χ4n) is 3.65. The van der Waals surface area contributed by atoms with Crippen LogP contribution in [-0.2, 0) is 20.2 Å². The lowest BCUT2D eigenvalue weighted by Crippen LogP contribution is -2.44. The fourth-order valence-corrected chi connectivity index (χ4v) is 5.00. The number of rotatable bonds is 7. The first-order chi connectivity index (χ1) is 14.5. The molecule has 0 radical (unpaired) electrons. The lowest BCUT2D eigenvalue weighted by molar-refractivity contribution is 0.0484. The van der Waals surface area contributed by atoms with Gasteiger partial charge in [0.25, 0.3) is 15.9 Å². The highest BCUT2D eigenvalue weighted by Gasteiger charge is 2.35. The van der Waals surface area contributed by atoms with Gasteiger partial charge in [-0.2, -0.15) is 0 Å². The van der Waals surface area contributed by atoms with Crippen LogP contribution in [0.1, 0.15) is 49.7 Å². The summed E-state index contributed by atoms with van der Waals surface area (Å²) in [5, 5.41) is 2.63. The summed E-state index contributed by atoms with van der Waals surface area (Å²) in [6.07, 6.45) is 1.51. The van der Waals surface area contributed by atoms with Gasteiger partial charge in [0.2, 0.25) is 5.09 Å². The van der Waals surface area contributed by atoms with Crippen molar-refractivity contribution >= 4 is 15.9 Å². The van der Waals surface area contributed by atoms with Crippen LogP contribution in [0.15, 0.2) is 45.9 Å². The number of hydrogen-bond acceptors (Lipinski definition) is 6. The lowest BCUT2D eigenvalue weighted by Gasteiger charge is -2.38. The molecule has 1 aliphatic rings. The number of sulfonamides is 1. The zero-order valence-electron chi connectivity index (χ0n) is 18.4. The van der Waals surface area contributed by atoms with Crippen LogP contribution in [0.5, 0.6) is 5.75 Å². The molecule has 1 amide bonds. The van der Waals surface area contributed by atoms with Gasteiger partial charge in [0.1, 0.15) is 5.75 Å². The molecule has 2 N–H and O–H groups in total. The van der Waals surface area contributed by atoms with E-state index >= 15 is 0 Å². The van der Waals surface area contributed by atoms with E-state index in [1.807, 2.05) is 24.3 Å². The molecular formula is C22H30N2O6S. The molecule has 0 saturated carbocycles. The highest BCUT2D eigenvalue weighted by atomic mass is 32.2. The SMILES string of the molecule is COc1ccc(C2(CNC(=O)c3ccc(S(=O)(=O)NC(C)(C)C)o3)CCOCC2)cc1. The average Bonchev–Trinajstić information content (AvgIpc) is 3.23. The van der Waals surface area contributed by atoms with E-state index in [4.69, 9.17) is 13.9 Å². The van der Waals surface area contributed by atoms with Crippen LogP contribution in [0.3, 0.4) is 0 Å². The van der Waals surface area contributed by atoms with E-state index in [2.05, 4.69) is 10.0 Å². The van der Waals surface area contributed by atoms with E-state index in [0.717, 1.165) is 24.2 Å². The molecule has 1 saturated heterocycles. The van der Waals surface area contributed by atoms with Crippen molar-refractivity contribution < 1.29 is 27.1 Å². The zero-order valence-corrected chi connectivity index (χ0v) is 19.2. The number of hydrogen-bond donors (Lipinski definition) is 2. The van der Waals surface area contributed by atoms with Crippen molar-refractivity contribution in [3.05, 3.63) is 47.7 Å². The van der Waals surface area contributed by atoms with Gasteiger partial charge < -0.3 is 19.2 Å². The van der Waals surface area contributed by atoms with Gasteiger partial charge in [-0.15, -0.1) is 0 Å². The van der Waals surface area contributed by atoms with Gasteiger partial charge >= 0.3 is 0 Å². The number of carbonyl (C=O) groups excluding carboxylic acids is 1. The molecule has 0 spiro atoms. The van der Waals surface area contributed by atoms with Gasteiger partial charge in [0.15, 0.2) is 5.76 Å². The minimum atomic E-state index is -3.85. The summed E-state index contributed by atoms with van der Waals surface area (Å²) < 4.78 is 43.5. The topological polar surface area (TPSA) is 107 Å². The molecule has 1 aliphatic heterocycles. The molecule has 0 bridgehead atoms. The fraction of sp³-hybridized carbons (Fsp3) is 0.500. The van der Waals surface area contributed by atoms with E-state index in [9.17, 15) is 13.2 Å². The number of benzene rings is 1. The molecule has 2 aromatic rings. The van der Waals surface area contributed by atoms with Crippen LogP contribution in [-0.4, -0.2) is 46.7 Å². The number of furan rings is 1. The van der Waals surface area contributed by atoms with Gasteiger partial charge in [-0.05, 0) is 63.4 Å². The molecule has 0 unspecified atom stereocenters. The quantitative estimate of drug-likeness (QED) is 0.672. The van der Waals surface area contributed by atoms with Gasteiger partial charge in [0.05, 0.1) is 7.11 Å². The molecule has 170 valence electrons. The molecular weight excluding hydrogens is 420 g/mol. The van der Waals surface area contributed by atoms with Crippen LogP contribution < -0.4 is 14.8 Å². The molecule has 1 fully saturated rings. The molecule has 0 atom stereocenters. The summed E-state index contributed by atoms with van der Waals surface area (Å²) in [5.74, 6) is 0.256. The van der Waals surface area contributed by atoms with E-state index < -0.39 is 21.5 Å². The van der Waals surface area contributed by atoms with Crippen LogP contribution in [0, 0.1) is 0 Å². The summed E-state index contributed by atoms with van der Waals surface area (Å²) in [7, 11) is -2.23. The zero-order chi connectivity index (χ0) is 22.7. The Morgan fingerprint density at radius 2 is 1.74 bits per heavy atom. The Morgan fingerprint density at radius 1 is 1.10 bits per heavy atom. The third-order valence-electron chi connectivity index (χ3n) is 5.25. The second-order valence-corrected chi connectivity index (χ2v) is 10.4. The van der Waals surface area contributed by atoms with Crippen molar-refractivity contribution in [2.24, 2.45) is 0 Å². The molecule has 31 heavy (non-hydrogen) atoms. The third kappa shape index (κ3) is 5.66. The first-order valence-electron chi connectivity index (χ1n) is 10.2. The van der Waals surface area contributed by atoms with E-state index in [0.29, 0.717) is 19.8 Å². The summed E-state index contributed by atoms with van der Waals surface area (Å²) >= 11 is 0. The molecule has 2 heterocycles. The molecule has 1 aromatic heterocycles. The van der Waals surface area contributed by atoms with Gasteiger partial charge in [-0.1, -0.05) is 12.1 Å². The Bertz CT molecular complexity index is 999. The highest BCUT2D eigenvalue weighted by Crippen LogP contribution is 2.35. The predicted octanol–water partition coefficient (Wildman–Crippen LogP) is 2.84. The Labute approximate surface area is 183 Å². The predicted molar refractivity (Wildman–Crippen MR) is 116 cm³/mol. The Morgan fingerprint density at radius 3 is 2.32 bits per heavy atom. The summed E-state index contributed by atoms with van der Waals surface area (Å²) in [5.41, 5.74) is 0.145. The van der Waals surface area contributed by atoms with Crippen molar-refractivity contribution in [3.63, 3.8) is 0 Å². The second kappa shape index (κ2) is 9.02. The normalized spacial score (nSPS) is 16.6. The highest BCUT2D eigenvalue weighted by molar-refractivity contribution is 7.89. The van der Waals surface area contributed by atoms with Gasteiger partial charge in [-0.25, -0.2) is 13.1 Å². The second-order valence-electron chi connectivity index (χ2n) is 8.78. The number of methoxy groups -OCH3 is 1. The lowest BCUT2D eigenvalue weighted by atomic mass is 9.74. The smallest absolute Gasteiger partial charge is 0.287 e. The van der Waals surface area contributed by atoms with Crippen LogP contribution in [0.2, 0.25) is 0 Å². The van der Waals surface area contributed by atoms with Crippen molar-refractivity contribution in [3.8, 4) is 5.75 Å². The largest absolute Gasteiger partial charge is 0.497 e. The number of ether oxygens (including phenoxy) is 2. The third-order valence-corrected chi connectivity index (χ3v) is 6.88. The van der Waals surface area contributed by atoms with Crippen molar-refractivity contribution in [2.75, 3.05) is 26.9 Å². The Balaban J connectivity index is 1.74. The van der Waals surface area contributed by atoms with E-state index in [1.165, 1.54) is 12.1 Å². The van der Waals surface area contributed by atoms with Crippen LogP contribution >= 0.6 is 0 Å². The standard InChI is InChI=1S/C22H30N2O6S/c1-21(2,3)24-31(26,27)19-10-9-18(30-19)20(25)23-15-22(11-13-29-14-12-22)16-5-7-17(28-4)8-6-16/h5-10,24H,11-15H2,1-4H3,(H,23,25). The first-order valence-corrected chi connectivity index (χ1v) is 11.7. The molecule has 1 aromatic carbocycles. The van der Waals surface area contributed by atoms with Crippen LogP contribution in [0.25, 0.3) is 0 Å². The summed E-state index contributed by atoms with van der Waals surface area (Å²) in [6, 6.07) is 10.5. The maximum absolute atomic E-state index is 12.7. The summed E-state index contributed by atoms with van der Waals surface area (Å²) in [4.78, 5) is 12.7. The number of carbonyl (C=O) groups is 1. The summed E-state index contributed by atoms with van der Waals surface area (Å²) in [6.45, 7) is 6.77. The van der Waals surface area contributed by atoms with Crippen molar-refractivity contribution in [1.82, 2.24) is 10.0 Å². The van der Waals surface area contributed by atoms with Gasteiger partial charge in [0, 0.05) is 30.7 Å². The minimum Gasteiger partial charge on any atom is -0.497 e. The molecule has 9 heteroatoms. The van der Waals surface area contributed by atoms with Crippen LogP contribution in [0.4, 0.5) is 0 Å². The van der Waals surface area contributed by atoms with Gasteiger partial charge in [-0.3, -0.25) is 4.79 Å². The maximum Gasteiger partial charge on any atom is 0.287 e. The van der Waals surface area contributed by atoms with E-state index in [1.54, 1.807) is 27.9 Å². The Hall–Kier alpha value is -2.36. The molecule has 0 aliphatic carbocycles. The average molecular weight is 451 g/mol. The first kappa shape index (κ1) is 23.3. The van der Waals surface area contributed by atoms with Crippen molar-refractivity contribution in [2.45, 2.75) is 49.7 Å². The number of amides is 1. The van der Waals surface area contributed by atoms with E-state index in [-0.39, 0.29) is 16.3 Å². The molecule has 3 rings (SSSR count). The Kier molecular flexibility index (Phi) is 6.78. The van der Waals surface area contributed by atoms with Crippen molar-refractivity contribution in [1.29, 1.82) is 0 Å².